The van der Waals surface area contributed by atoms with Crippen molar-refractivity contribution in [3.8, 4) is 11.1 Å². The number of carbonyl (C=O) groups excluding carboxylic acids is 1. The van der Waals surface area contributed by atoms with Crippen LogP contribution in [-0.2, 0) is 17.4 Å². The maximum Gasteiger partial charge on any atom is 0.416 e. The SMILES string of the molecule is O=C(N[C@H](Cc1ccc(C(F)(F)F)cc1)C(=O)O)c1ccc(-c2ccccc2)cc1. The van der Waals surface area contributed by atoms with Crippen molar-refractivity contribution in [2.24, 2.45) is 0 Å². The predicted octanol–water partition coefficient (Wildman–Crippen LogP) is 4.80. The highest BCUT2D eigenvalue weighted by Gasteiger charge is 2.30. The van der Waals surface area contributed by atoms with Crippen LogP contribution >= 0.6 is 0 Å². The quantitative estimate of drug-likeness (QED) is 0.610. The van der Waals surface area contributed by atoms with Crippen molar-refractivity contribution in [3.63, 3.8) is 0 Å². The van der Waals surface area contributed by atoms with E-state index in [0.717, 1.165) is 23.3 Å². The molecule has 3 rings (SSSR count). The maximum atomic E-state index is 12.7. The number of hydrogen-bond donors (Lipinski definition) is 2. The van der Waals surface area contributed by atoms with Gasteiger partial charge in [-0.25, -0.2) is 4.79 Å². The Bertz CT molecular complexity index is 1010. The summed E-state index contributed by atoms with van der Waals surface area (Å²) in [5.41, 5.74) is 1.73. The molecule has 30 heavy (non-hydrogen) atoms. The van der Waals surface area contributed by atoms with Gasteiger partial charge in [-0.3, -0.25) is 4.79 Å². The van der Waals surface area contributed by atoms with Gasteiger partial charge in [-0.2, -0.15) is 13.2 Å². The summed E-state index contributed by atoms with van der Waals surface area (Å²) < 4.78 is 38.0. The Kier molecular flexibility index (Phi) is 6.20. The molecule has 0 unspecified atom stereocenters. The van der Waals surface area contributed by atoms with Gasteiger partial charge in [-0.15, -0.1) is 0 Å². The highest BCUT2D eigenvalue weighted by molar-refractivity contribution is 5.97. The van der Waals surface area contributed by atoms with E-state index in [2.05, 4.69) is 5.32 Å². The van der Waals surface area contributed by atoms with Crippen molar-refractivity contribution in [1.29, 1.82) is 0 Å². The maximum absolute atomic E-state index is 12.7. The molecule has 154 valence electrons. The minimum atomic E-state index is -4.47. The Morgan fingerprint density at radius 3 is 1.93 bits per heavy atom. The van der Waals surface area contributed by atoms with E-state index in [-0.39, 0.29) is 12.0 Å². The molecule has 0 saturated heterocycles. The number of carboxylic acid groups (broad SMARTS) is 1. The lowest BCUT2D eigenvalue weighted by Crippen LogP contribution is -2.42. The first-order chi connectivity index (χ1) is 14.2. The van der Waals surface area contributed by atoms with Gasteiger partial charge in [0, 0.05) is 12.0 Å². The summed E-state index contributed by atoms with van der Waals surface area (Å²) in [7, 11) is 0. The van der Waals surface area contributed by atoms with Gasteiger partial charge in [0.05, 0.1) is 5.56 Å². The van der Waals surface area contributed by atoms with Gasteiger partial charge in [0.15, 0.2) is 0 Å². The lowest BCUT2D eigenvalue weighted by atomic mass is 10.0. The fraction of sp³-hybridized carbons (Fsp3) is 0.130. The van der Waals surface area contributed by atoms with E-state index in [9.17, 15) is 27.9 Å². The fourth-order valence-electron chi connectivity index (χ4n) is 2.95. The third kappa shape index (κ3) is 5.26. The Hall–Kier alpha value is -3.61. The molecule has 0 bridgehead atoms. The number of carboxylic acids is 1. The Morgan fingerprint density at radius 2 is 1.40 bits per heavy atom. The van der Waals surface area contributed by atoms with E-state index in [4.69, 9.17) is 0 Å². The molecule has 0 aliphatic carbocycles. The van der Waals surface area contributed by atoms with Gasteiger partial charge < -0.3 is 10.4 Å². The second kappa shape index (κ2) is 8.82. The summed E-state index contributed by atoms with van der Waals surface area (Å²) in [6.45, 7) is 0. The third-order valence-electron chi connectivity index (χ3n) is 4.58. The Labute approximate surface area is 171 Å². The van der Waals surface area contributed by atoms with Crippen LogP contribution in [0.1, 0.15) is 21.5 Å². The average molecular weight is 413 g/mol. The van der Waals surface area contributed by atoms with Crippen molar-refractivity contribution in [1.82, 2.24) is 5.32 Å². The molecule has 7 heteroatoms. The molecule has 1 amide bonds. The predicted molar refractivity (Wildman–Crippen MR) is 106 cm³/mol. The van der Waals surface area contributed by atoms with E-state index >= 15 is 0 Å². The number of rotatable bonds is 6. The Morgan fingerprint density at radius 1 is 0.833 bits per heavy atom. The Balaban J connectivity index is 1.69. The molecular weight excluding hydrogens is 395 g/mol. The number of alkyl halides is 3. The topological polar surface area (TPSA) is 66.4 Å². The van der Waals surface area contributed by atoms with E-state index in [1.165, 1.54) is 12.1 Å². The van der Waals surface area contributed by atoms with Crippen molar-refractivity contribution < 1.29 is 27.9 Å². The number of amides is 1. The highest BCUT2D eigenvalue weighted by atomic mass is 19.4. The largest absolute Gasteiger partial charge is 0.480 e. The van der Waals surface area contributed by atoms with E-state index in [1.54, 1.807) is 24.3 Å². The number of carbonyl (C=O) groups is 2. The molecule has 0 saturated carbocycles. The lowest BCUT2D eigenvalue weighted by molar-refractivity contribution is -0.139. The first-order valence-corrected chi connectivity index (χ1v) is 9.09. The van der Waals surface area contributed by atoms with Gasteiger partial charge in [0.25, 0.3) is 5.91 Å². The van der Waals surface area contributed by atoms with Crippen LogP contribution in [0.2, 0.25) is 0 Å². The van der Waals surface area contributed by atoms with Crippen LogP contribution in [0.3, 0.4) is 0 Å². The van der Waals surface area contributed by atoms with E-state index in [0.29, 0.717) is 5.56 Å². The minimum Gasteiger partial charge on any atom is -0.480 e. The molecule has 0 heterocycles. The average Bonchev–Trinajstić information content (AvgIpc) is 2.73. The van der Waals surface area contributed by atoms with Gasteiger partial charge >= 0.3 is 12.1 Å². The van der Waals surface area contributed by atoms with Crippen LogP contribution in [0.25, 0.3) is 11.1 Å². The number of aliphatic carboxylic acids is 1. The molecule has 0 aliphatic rings. The molecule has 0 spiro atoms. The standard InChI is InChI=1S/C23H18F3NO3/c24-23(25,26)19-12-6-15(7-13-19)14-20(22(29)30)27-21(28)18-10-8-17(9-11-18)16-4-2-1-3-5-16/h1-13,20H,14H2,(H,27,28)(H,29,30)/t20-/m1/s1. The second-order valence-electron chi connectivity index (χ2n) is 6.71. The molecule has 3 aromatic carbocycles. The first-order valence-electron chi connectivity index (χ1n) is 9.09. The highest BCUT2D eigenvalue weighted by Crippen LogP contribution is 2.29. The molecule has 0 radical (unpaired) electrons. The summed E-state index contributed by atoms with van der Waals surface area (Å²) in [5.74, 6) is -1.85. The summed E-state index contributed by atoms with van der Waals surface area (Å²) >= 11 is 0. The molecule has 1 atom stereocenters. The monoisotopic (exact) mass is 413 g/mol. The van der Waals surface area contributed by atoms with Crippen molar-refractivity contribution >= 4 is 11.9 Å². The smallest absolute Gasteiger partial charge is 0.416 e. The van der Waals surface area contributed by atoms with Crippen LogP contribution in [-0.4, -0.2) is 23.0 Å². The zero-order chi connectivity index (χ0) is 21.7. The molecule has 0 aromatic heterocycles. The molecule has 2 N–H and O–H groups in total. The summed E-state index contributed by atoms with van der Waals surface area (Å²) in [6.07, 6.45) is -4.60. The zero-order valence-corrected chi connectivity index (χ0v) is 15.7. The summed E-state index contributed by atoms with van der Waals surface area (Å²) in [6, 6.07) is 19.2. The normalized spacial score (nSPS) is 12.2. The van der Waals surface area contributed by atoms with Gasteiger partial charge in [-0.1, -0.05) is 54.6 Å². The number of hydrogen-bond acceptors (Lipinski definition) is 2. The van der Waals surface area contributed by atoms with Crippen LogP contribution in [0.5, 0.6) is 0 Å². The molecule has 0 fully saturated rings. The number of nitrogens with one attached hydrogen (secondary N) is 1. The van der Waals surface area contributed by atoms with Crippen LogP contribution in [0.15, 0.2) is 78.9 Å². The van der Waals surface area contributed by atoms with Gasteiger partial charge in [0.2, 0.25) is 0 Å². The van der Waals surface area contributed by atoms with E-state index < -0.39 is 29.7 Å². The van der Waals surface area contributed by atoms with Crippen LogP contribution in [0.4, 0.5) is 13.2 Å². The van der Waals surface area contributed by atoms with Crippen molar-refractivity contribution in [2.75, 3.05) is 0 Å². The minimum absolute atomic E-state index is 0.138. The lowest BCUT2D eigenvalue weighted by Gasteiger charge is -2.15. The zero-order valence-electron chi connectivity index (χ0n) is 15.7. The summed E-state index contributed by atoms with van der Waals surface area (Å²) in [4.78, 5) is 24.0. The van der Waals surface area contributed by atoms with Gasteiger partial charge in [0.1, 0.15) is 6.04 Å². The molecule has 4 nitrogen and oxygen atoms in total. The third-order valence-corrected chi connectivity index (χ3v) is 4.58. The summed E-state index contributed by atoms with van der Waals surface area (Å²) in [5, 5.41) is 11.8. The van der Waals surface area contributed by atoms with Crippen molar-refractivity contribution in [3.05, 3.63) is 95.6 Å². The van der Waals surface area contributed by atoms with Crippen LogP contribution in [0, 0.1) is 0 Å². The molecule has 3 aromatic rings. The van der Waals surface area contributed by atoms with Crippen molar-refractivity contribution in [2.45, 2.75) is 18.6 Å². The molecular formula is C23H18F3NO3. The second-order valence-corrected chi connectivity index (χ2v) is 6.71. The van der Waals surface area contributed by atoms with E-state index in [1.807, 2.05) is 30.3 Å². The number of benzene rings is 3. The van der Waals surface area contributed by atoms with Gasteiger partial charge in [-0.05, 0) is 41.0 Å². The first kappa shape index (κ1) is 21.1. The molecule has 0 aliphatic heterocycles. The van der Waals surface area contributed by atoms with Crippen LogP contribution < -0.4 is 5.32 Å². The number of halogens is 3. The fourth-order valence-corrected chi connectivity index (χ4v) is 2.95.